The molecular weight excluding hydrogens is 276 g/mol. The van der Waals surface area contributed by atoms with Crippen LogP contribution in [0.25, 0.3) is 0 Å². The third kappa shape index (κ3) is 2.70. The average molecular weight is 294 g/mol. The van der Waals surface area contributed by atoms with Gasteiger partial charge in [-0.3, -0.25) is 4.99 Å². The maximum atomic E-state index is 4.85. The van der Waals surface area contributed by atoms with Gasteiger partial charge in [-0.25, -0.2) is 0 Å². The van der Waals surface area contributed by atoms with Crippen LogP contribution in [0.3, 0.4) is 0 Å². The van der Waals surface area contributed by atoms with Crippen LogP contribution in [-0.4, -0.2) is 17.0 Å². The fourth-order valence-electron chi connectivity index (χ4n) is 3.13. The Morgan fingerprint density at radius 1 is 0.905 bits per heavy atom. The molecule has 2 aromatic rings. The Kier molecular flexibility index (Phi) is 3.44. The quantitative estimate of drug-likeness (QED) is 0.915. The van der Waals surface area contributed by atoms with Crippen molar-refractivity contribution >= 4 is 16.9 Å². The van der Waals surface area contributed by atoms with Crippen molar-refractivity contribution in [1.29, 1.82) is 0 Å². The van der Waals surface area contributed by atoms with Gasteiger partial charge in [0.15, 0.2) is 5.17 Å². The van der Waals surface area contributed by atoms with Crippen LogP contribution < -0.4 is 5.32 Å². The van der Waals surface area contributed by atoms with Crippen molar-refractivity contribution in [3.63, 3.8) is 0 Å². The van der Waals surface area contributed by atoms with E-state index in [0.29, 0.717) is 12.1 Å². The van der Waals surface area contributed by atoms with Crippen molar-refractivity contribution in [2.45, 2.75) is 24.9 Å². The molecule has 1 unspecified atom stereocenters. The molecule has 1 aliphatic heterocycles. The Labute approximate surface area is 129 Å². The van der Waals surface area contributed by atoms with E-state index in [-0.39, 0.29) is 0 Å². The summed E-state index contributed by atoms with van der Waals surface area (Å²) in [7, 11) is 0. The number of amidine groups is 1. The van der Waals surface area contributed by atoms with E-state index in [1.54, 1.807) is 0 Å². The Morgan fingerprint density at radius 2 is 1.57 bits per heavy atom. The van der Waals surface area contributed by atoms with E-state index >= 15 is 0 Å². The lowest BCUT2D eigenvalue weighted by Gasteiger charge is -2.12. The van der Waals surface area contributed by atoms with Crippen molar-refractivity contribution in [3.8, 4) is 0 Å². The SMILES string of the molecule is c1ccc(C2CSC(NC3Cc4ccccc4C3)=N2)cc1. The second-order valence-corrected chi connectivity index (χ2v) is 6.70. The normalized spacial score (nSPS) is 21.1. The van der Waals surface area contributed by atoms with Gasteiger partial charge < -0.3 is 5.32 Å². The molecule has 2 aliphatic rings. The third-order valence-electron chi connectivity index (χ3n) is 4.21. The minimum Gasteiger partial charge on any atom is -0.362 e. The summed E-state index contributed by atoms with van der Waals surface area (Å²) >= 11 is 1.85. The summed E-state index contributed by atoms with van der Waals surface area (Å²) in [6, 6.07) is 20.1. The van der Waals surface area contributed by atoms with Crippen molar-refractivity contribution in [1.82, 2.24) is 5.32 Å². The lowest BCUT2D eigenvalue weighted by molar-refractivity contribution is 0.646. The highest BCUT2D eigenvalue weighted by Crippen LogP contribution is 2.30. The smallest absolute Gasteiger partial charge is 0.157 e. The molecule has 1 N–H and O–H groups in total. The van der Waals surface area contributed by atoms with Crippen LogP contribution in [0.1, 0.15) is 22.7 Å². The molecular formula is C18H18N2S. The average Bonchev–Trinajstić information content (AvgIpc) is 3.14. The van der Waals surface area contributed by atoms with E-state index in [1.165, 1.54) is 16.7 Å². The zero-order chi connectivity index (χ0) is 14.1. The maximum Gasteiger partial charge on any atom is 0.157 e. The van der Waals surface area contributed by atoms with Gasteiger partial charge in [0, 0.05) is 11.8 Å². The summed E-state index contributed by atoms with van der Waals surface area (Å²) < 4.78 is 0. The Morgan fingerprint density at radius 3 is 2.29 bits per heavy atom. The molecule has 4 rings (SSSR count). The number of rotatable bonds is 2. The molecule has 21 heavy (non-hydrogen) atoms. The predicted octanol–water partition coefficient (Wildman–Crippen LogP) is 3.59. The third-order valence-corrected chi connectivity index (χ3v) is 5.19. The summed E-state index contributed by atoms with van der Waals surface area (Å²) in [5, 5.41) is 4.75. The van der Waals surface area contributed by atoms with E-state index < -0.39 is 0 Å². The largest absolute Gasteiger partial charge is 0.362 e. The highest BCUT2D eigenvalue weighted by Gasteiger charge is 2.25. The minimum atomic E-state index is 0.308. The standard InChI is InChI=1S/C18H18N2S/c1-2-6-13(7-3-1)17-12-21-18(20-17)19-16-10-14-8-4-5-9-15(14)11-16/h1-9,16-17H,10-12H2,(H,19,20). The Bertz CT molecular complexity index is 641. The maximum absolute atomic E-state index is 4.85. The first-order valence-corrected chi connectivity index (χ1v) is 8.46. The summed E-state index contributed by atoms with van der Waals surface area (Å²) in [6.07, 6.45) is 2.23. The van der Waals surface area contributed by atoms with Gasteiger partial charge in [0.05, 0.1) is 6.04 Å². The van der Waals surface area contributed by atoms with Gasteiger partial charge in [0.25, 0.3) is 0 Å². The topological polar surface area (TPSA) is 24.4 Å². The van der Waals surface area contributed by atoms with Gasteiger partial charge in [-0.2, -0.15) is 0 Å². The zero-order valence-electron chi connectivity index (χ0n) is 11.8. The number of nitrogens with one attached hydrogen (secondary N) is 1. The molecule has 0 saturated carbocycles. The fraction of sp³-hybridized carbons (Fsp3) is 0.278. The van der Waals surface area contributed by atoms with Crippen molar-refractivity contribution in [2.24, 2.45) is 4.99 Å². The van der Waals surface area contributed by atoms with Gasteiger partial charge in [-0.05, 0) is 29.5 Å². The molecule has 0 aromatic heterocycles. The van der Waals surface area contributed by atoms with E-state index in [4.69, 9.17) is 4.99 Å². The number of benzene rings is 2. The molecule has 1 atom stereocenters. The zero-order valence-corrected chi connectivity index (χ0v) is 12.6. The van der Waals surface area contributed by atoms with E-state index in [9.17, 15) is 0 Å². The number of nitrogens with zero attached hydrogens (tertiary/aromatic N) is 1. The van der Waals surface area contributed by atoms with Crippen LogP contribution in [0.15, 0.2) is 59.6 Å². The summed E-state index contributed by atoms with van der Waals surface area (Å²) in [4.78, 5) is 4.85. The van der Waals surface area contributed by atoms with Gasteiger partial charge in [-0.1, -0.05) is 66.4 Å². The van der Waals surface area contributed by atoms with E-state index in [2.05, 4.69) is 59.9 Å². The van der Waals surface area contributed by atoms with Gasteiger partial charge in [-0.15, -0.1) is 0 Å². The number of thioether (sulfide) groups is 1. The molecule has 0 amide bonds. The molecule has 0 bridgehead atoms. The van der Waals surface area contributed by atoms with Crippen LogP contribution in [0, 0.1) is 0 Å². The van der Waals surface area contributed by atoms with Crippen LogP contribution >= 0.6 is 11.8 Å². The molecule has 0 radical (unpaired) electrons. The van der Waals surface area contributed by atoms with Crippen molar-refractivity contribution in [2.75, 3.05) is 5.75 Å². The minimum absolute atomic E-state index is 0.308. The predicted molar refractivity (Wildman–Crippen MR) is 89.8 cm³/mol. The van der Waals surface area contributed by atoms with Crippen LogP contribution in [0.5, 0.6) is 0 Å². The number of hydrogen-bond acceptors (Lipinski definition) is 3. The Balaban J connectivity index is 1.43. The second-order valence-electron chi connectivity index (χ2n) is 5.69. The number of hydrogen-bond donors (Lipinski definition) is 1. The first-order valence-electron chi connectivity index (χ1n) is 7.47. The van der Waals surface area contributed by atoms with Crippen LogP contribution in [-0.2, 0) is 12.8 Å². The molecule has 0 fully saturated rings. The molecule has 1 heterocycles. The van der Waals surface area contributed by atoms with Crippen LogP contribution in [0.4, 0.5) is 0 Å². The highest BCUT2D eigenvalue weighted by atomic mass is 32.2. The molecule has 3 heteroatoms. The summed E-state index contributed by atoms with van der Waals surface area (Å²) in [5.74, 6) is 1.05. The molecule has 2 aromatic carbocycles. The monoisotopic (exact) mass is 294 g/mol. The first-order chi connectivity index (χ1) is 10.4. The number of aliphatic imine (C=N–C) groups is 1. The molecule has 2 nitrogen and oxygen atoms in total. The Hall–Kier alpha value is -1.74. The number of fused-ring (bicyclic) bond motifs is 1. The van der Waals surface area contributed by atoms with Gasteiger partial charge in [0.1, 0.15) is 0 Å². The van der Waals surface area contributed by atoms with E-state index in [1.807, 2.05) is 11.8 Å². The van der Waals surface area contributed by atoms with Crippen molar-refractivity contribution < 1.29 is 0 Å². The lowest BCUT2D eigenvalue weighted by Crippen LogP contribution is -2.32. The molecule has 1 aliphatic carbocycles. The highest BCUT2D eigenvalue weighted by molar-refractivity contribution is 8.14. The first kappa shape index (κ1) is 13.0. The summed E-state index contributed by atoms with van der Waals surface area (Å²) in [6.45, 7) is 0. The lowest BCUT2D eigenvalue weighted by atomic mass is 10.1. The van der Waals surface area contributed by atoms with Gasteiger partial charge >= 0.3 is 0 Å². The molecule has 0 saturated heterocycles. The van der Waals surface area contributed by atoms with Gasteiger partial charge in [0.2, 0.25) is 0 Å². The molecule has 106 valence electrons. The fourth-order valence-corrected chi connectivity index (χ4v) is 4.17. The second kappa shape index (κ2) is 5.57. The molecule has 0 spiro atoms. The van der Waals surface area contributed by atoms with E-state index in [0.717, 1.165) is 23.8 Å². The van der Waals surface area contributed by atoms with Crippen LogP contribution in [0.2, 0.25) is 0 Å². The summed E-state index contributed by atoms with van der Waals surface area (Å²) in [5.41, 5.74) is 4.29. The van der Waals surface area contributed by atoms with Crippen molar-refractivity contribution in [3.05, 3.63) is 71.3 Å².